The summed E-state index contributed by atoms with van der Waals surface area (Å²) in [6, 6.07) is 8.60. The van der Waals surface area contributed by atoms with E-state index < -0.39 is 5.97 Å². The van der Waals surface area contributed by atoms with Crippen molar-refractivity contribution in [3.63, 3.8) is 0 Å². The predicted octanol–water partition coefficient (Wildman–Crippen LogP) is 2.84. The Morgan fingerprint density at radius 1 is 1.33 bits per heavy atom. The lowest BCUT2D eigenvalue weighted by Gasteiger charge is -2.26. The van der Waals surface area contributed by atoms with Crippen molar-refractivity contribution in [2.75, 3.05) is 26.7 Å². The molecular weight excluding hydrogens is 304 g/mol. The average Bonchev–Trinajstić information content (AvgIpc) is 2.74. The Morgan fingerprint density at radius 2 is 2.08 bits per heavy atom. The normalized spacial score (nSPS) is 19.5. The Balaban J connectivity index is 1.94. The summed E-state index contributed by atoms with van der Waals surface area (Å²) in [6.07, 6.45) is 3.34. The molecule has 0 amide bonds. The van der Waals surface area contributed by atoms with Gasteiger partial charge in [0.15, 0.2) is 0 Å². The van der Waals surface area contributed by atoms with Crippen molar-refractivity contribution in [2.45, 2.75) is 51.8 Å². The van der Waals surface area contributed by atoms with E-state index in [1.165, 1.54) is 5.56 Å². The number of likely N-dealkylation sites (N-methyl/N-ethyl adjacent to an activating group) is 1. The Bertz CT molecular complexity index is 533. The lowest BCUT2D eigenvalue weighted by atomic mass is 10.1. The second-order valence-electron chi connectivity index (χ2n) is 6.94. The van der Waals surface area contributed by atoms with E-state index in [0.717, 1.165) is 44.6 Å². The van der Waals surface area contributed by atoms with Gasteiger partial charge in [0.25, 0.3) is 0 Å². The minimum atomic E-state index is -0.752. The molecule has 1 N–H and O–H groups in total. The molecule has 0 aliphatic carbocycles. The highest BCUT2D eigenvalue weighted by Gasteiger charge is 2.22. The summed E-state index contributed by atoms with van der Waals surface area (Å²) in [6.45, 7) is 7.14. The minimum absolute atomic E-state index is 0.121. The van der Waals surface area contributed by atoms with Gasteiger partial charge in [0.2, 0.25) is 0 Å². The van der Waals surface area contributed by atoms with Gasteiger partial charge in [-0.05, 0) is 59.3 Å². The van der Waals surface area contributed by atoms with Gasteiger partial charge in [-0.3, -0.25) is 14.6 Å². The van der Waals surface area contributed by atoms with Gasteiger partial charge < -0.3 is 9.84 Å². The van der Waals surface area contributed by atoms with Crippen LogP contribution in [-0.2, 0) is 11.3 Å². The first kappa shape index (κ1) is 18.7. The summed E-state index contributed by atoms with van der Waals surface area (Å²) >= 11 is 0. The standard InChI is InChI=1S/C19H30N2O3/c1-15(2)24-18-9-5-4-7-16(18)13-21-11-6-8-17(10-12-21)20(3)14-19(22)23/h4-5,7,9,15,17H,6,8,10-14H2,1-3H3,(H,22,23). The number of ether oxygens (including phenoxy) is 1. The summed E-state index contributed by atoms with van der Waals surface area (Å²) in [7, 11) is 1.92. The molecule has 0 saturated carbocycles. The Morgan fingerprint density at radius 3 is 2.79 bits per heavy atom. The summed E-state index contributed by atoms with van der Waals surface area (Å²) in [5.41, 5.74) is 1.23. The van der Waals surface area contributed by atoms with Crippen LogP contribution in [0.4, 0.5) is 0 Å². The number of carboxylic acid groups (broad SMARTS) is 1. The number of likely N-dealkylation sites (tertiary alicyclic amines) is 1. The molecule has 5 heteroatoms. The number of benzene rings is 1. The average molecular weight is 334 g/mol. The fourth-order valence-electron chi connectivity index (χ4n) is 3.32. The molecule has 2 rings (SSSR count). The minimum Gasteiger partial charge on any atom is -0.491 e. The highest BCUT2D eigenvalue weighted by atomic mass is 16.5. The number of carbonyl (C=O) groups is 1. The molecule has 1 aromatic rings. The molecule has 0 spiro atoms. The van der Waals surface area contributed by atoms with Crippen LogP contribution in [0, 0.1) is 0 Å². The topological polar surface area (TPSA) is 53.0 Å². The van der Waals surface area contributed by atoms with E-state index in [-0.39, 0.29) is 12.6 Å². The third-order valence-electron chi connectivity index (χ3n) is 4.53. The van der Waals surface area contributed by atoms with Crippen LogP contribution in [-0.4, -0.2) is 59.7 Å². The second kappa shape index (κ2) is 9.04. The fourth-order valence-corrected chi connectivity index (χ4v) is 3.32. The molecule has 5 nitrogen and oxygen atoms in total. The first-order chi connectivity index (χ1) is 11.5. The number of nitrogens with zero attached hydrogens (tertiary/aromatic N) is 2. The van der Waals surface area contributed by atoms with E-state index in [9.17, 15) is 4.79 Å². The molecule has 1 heterocycles. The summed E-state index contributed by atoms with van der Waals surface area (Å²) in [5.74, 6) is 0.217. The van der Waals surface area contributed by atoms with E-state index in [1.54, 1.807) is 0 Å². The van der Waals surface area contributed by atoms with Crippen molar-refractivity contribution < 1.29 is 14.6 Å². The molecule has 24 heavy (non-hydrogen) atoms. The van der Waals surface area contributed by atoms with Gasteiger partial charge in [-0.25, -0.2) is 0 Å². The van der Waals surface area contributed by atoms with Gasteiger partial charge >= 0.3 is 5.97 Å². The molecule has 1 aliphatic rings. The lowest BCUT2D eigenvalue weighted by molar-refractivity contribution is -0.138. The smallest absolute Gasteiger partial charge is 0.317 e. The van der Waals surface area contributed by atoms with Gasteiger partial charge in [0.1, 0.15) is 5.75 Å². The number of carboxylic acids is 1. The van der Waals surface area contributed by atoms with E-state index >= 15 is 0 Å². The third kappa shape index (κ3) is 5.80. The van der Waals surface area contributed by atoms with Gasteiger partial charge in [-0.2, -0.15) is 0 Å². The maximum atomic E-state index is 10.9. The Labute approximate surface area is 145 Å². The van der Waals surface area contributed by atoms with Crippen LogP contribution in [0.15, 0.2) is 24.3 Å². The van der Waals surface area contributed by atoms with E-state index in [4.69, 9.17) is 9.84 Å². The third-order valence-corrected chi connectivity index (χ3v) is 4.53. The van der Waals surface area contributed by atoms with E-state index in [0.29, 0.717) is 6.04 Å². The molecule has 0 radical (unpaired) electrons. The molecule has 1 aromatic carbocycles. The SMILES string of the molecule is CC(C)Oc1ccccc1CN1CCCC(N(C)CC(=O)O)CC1. The number of para-hydroxylation sites is 1. The Hall–Kier alpha value is -1.59. The van der Waals surface area contributed by atoms with Crippen molar-refractivity contribution >= 4 is 5.97 Å². The number of rotatable bonds is 7. The monoisotopic (exact) mass is 334 g/mol. The van der Waals surface area contributed by atoms with Crippen LogP contribution in [0.2, 0.25) is 0 Å². The summed E-state index contributed by atoms with van der Waals surface area (Å²) in [4.78, 5) is 15.3. The van der Waals surface area contributed by atoms with Crippen LogP contribution in [0.5, 0.6) is 5.75 Å². The lowest BCUT2D eigenvalue weighted by Crippen LogP contribution is -2.36. The van der Waals surface area contributed by atoms with Gasteiger partial charge in [-0.15, -0.1) is 0 Å². The van der Waals surface area contributed by atoms with Crippen molar-refractivity contribution in [1.82, 2.24) is 9.80 Å². The van der Waals surface area contributed by atoms with E-state index in [1.807, 2.05) is 37.9 Å². The van der Waals surface area contributed by atoms with Crippen LogP contribution in [0.1, 0.15) is 38.7 Å². The van der Waals surface area contributed by atoms with Gasteiger partial charge in [0.05, 0.1) is 12.6 Å². The quantitative estimate of drug-likeness (QED) is 0.831. The van der Waals surface area contributed by atoms with Crippen molar-refractivity contribution in [2.24, 2.45) is 0 Å². The van der Waals surface area contributed by atoms with Crippen LogP contribution < -0.4 is 4.74 Å². The van der Waals surface area contributed by atoms with E-state index in [2.05, 4.69) is 17.0 Å². The second-order valence-corrected chi connectivity index (χ2v) is 6.94. The summed E-state index contributed by atoms with van der Waals surface area (Å²) in [5, 5.41) is 8.97. The first-order valence-corrected chi connectivity index (χ1v) is 8.84. The van der Waals surface area contributed by atoms with Crippen molar-refractivity contribution in [3.05, 3.63) is 29.8 Å². The number of aliphatic carboxylic acids is 1. The molecule has 1 atom stereocenters. The molecule has 1 unspecified atom stereocenters. The molecular formula is C19H30N2O3. The highest BCUT2D eigenvalue weighted by molar-refractivity contribution is 5.69. The first-order valence-electron chi connectivity index (χ1n) is 8.84. The Kier molecular flexibility index (Phi) is 7.06. The van der Waals surface area contributed by atoms with Crippen molar-refractivity contribution in [3.8, 4) is 5.75 Å². The molecule has 0 bridgehead atoms. The highest BCUT2D eigenvalue weighted by Crippen LogP contribution is 2.23. The fraction of sp³-hybridized carbons (Fsp3) is 0.632. The van der Waals surface area contributed by atoms with Gasteiger partial charge in [-0.1, -0.05) is 18.2 Å². The zero-order valence-electron chi connectivity index (χ0n) is 15.1. The predicted molar refractivity (Wildman–Crippen MR) is 95.4 cm³/mol. The van der Waals surface area contributed by atoms with Crippen LogP contribution in [0.3, 0.4) is 0 Å². The van der Waals surface area contributed by atoms with Gasteiger partial charge in [0, 0.05) is 18.2 Å². The summed E-state index contributed by atoms with van der Waals surface area (Å²) < 4.78 is 5.92. The molecule has 1 aliphatic heterocycles. The number of hydrogen-bond acceptors (Lipinski definition) is 4. The molecule has 1 fully saturated rings. The maximum absolute atomic E-state index is 10.9. The maximum Gasteiger partial charge on any atom is 0.317 e. The van der Waals surface area contributed by atoms with Crippen LogP contribution >= 0.6 is 0 Å². The molecule has 134 valence electrons. The molecule has 0 aromatic heterocycles. The zero-order chi connectivity index (χ0) is 17.5. The van der Waals surface area contributed by atoms with Crippen molar-refractivity contribution in [1.29, 1.82) is 0 Å². The van der Waals surface area contributed by atoms with Crippen LogP contribution in [0.25, 0.3) is 0 Å². The molecule has 1 saturated heterocycles. The largest absolute Gasteiger partial charge is 0.491 e. The number of hydrogen-bond donors (Lipinski definition) is 1. The zero-order valence-corrected chi connectivity index (χ0v) is 15.1.